The van der Waals surface area contributed by atoms with Gasteiger partial charge in [-0.2, -0.15) is 5.26 Å². The van der Waals surface area contributed by atoms with Gasteiger partial charge in [-0.3, -0.25) is 4.98 Å². The van der Waals surface area contributed by atoms with Crippen LogP contribution in [0.15, 0.2) is 6.20 Å². The Balaban J connectivity index is 3.48. The van der Waals surface area contributed by atoms with E-state index in [4.69, 9.17) is 15.5 Å². The van der Waals surface area contributed by atoms with E-state index in [1.807, 2.05) is 0 Å². The van der Waals surface area contributed by atoms with Crippen molar-refractivity contribution in [3.05, 3.63) is 23.0 Å². The molecule has 5 nitrogen and oxygen atoms in total. The molecule has 0 fully saturated rings. The van der Waals surface area contributed by atoms with Crippen molar-refractivity contribution in [3.63, 3.8) is 0 Å². The molecule has 0 aliphatic rings. The number of carboxylic acids is 1. The average molecular weight is 214 g/mol. The number of nitrogens with zero attached hydrogens (tertiary/aromatic N) is 2. The highest BCUT2D eigenvalue weighted by atomic mass is 19.3. The Morgan fingerprint density at radius 1 is 1.60 bits per heavy atom. The number of hydrogen-bond donors (Lipinski definition) is 2. The average Bonchev–Trinajstić information content (AvgIpc) is 2.16. The first-order chi connectivity index (χ1) is 6.99. The summed E-state index contributed by atoms with van der Waals surface area (Å²) in [6, 6.07) is 1.34. The first-order valence-corrected chi connectivity index (χ1v) is 3.62. The van der Waals surface area contributed by atoms with Crippen LogP contribution in [-0.2, 0) is 0 Å². The van der Waals surface area contributed by atoms with Crippen molar-refractivity contribution in [2.24, 2.45) is 0 Å². The monoisotopic (exact) mass is 214 g/mol. The summed E-state index contributed by atoms with van der Waals surface area (Å²) in [5.74, 6) is -2.61. The molecule has 1 aromatic heterocycles. The van der Waals surface area contributed by atoms with Gasteiger partial charge in [-0.05, 0) is 0 Å². The molecule has 0 bridgehead atoms. The van der Waals surface area contributed by atoms with Gasteiger partial charge in [0.2, 0.25) is 0 Å². The molecule has 0 aliphatic heterocycles. The van der Waals surface area contributed by atoms with Crippen LogP contribution < -0.4 is 0 Å². The lowest BCUT2D eigenvalue weighted by atomic mass is 10.1. The number of halogens is 2. The summed E-state index contributed by atoms with van der Waals surface area (Å²) in [5, 5.41) is 26.2. The molecular weight excluding hydrogens is 210 g/mol. The first kappa shape index (κ1) is 10.8. The van der Waals surface area contributed by atoms with E-state index in [0.717, 1.165) is 0 Å². The van der Waals surface area contributed by atoms with Gasteiger partial charge in [0.25, 0.3) is 6.43 Å². The lowest BCUT2D eigenvalue weighted by Crippen LogP contribution is -2.04. The van der Waals surface area contributed by atoms with Crippen molar-refractivity contribution in [1.82, 2.24) is 4.98 Å². The fourth-order valence-electron chi connectivity index (χ4n) is 0.950. The van der Waals surface area contributed by atoms with Gasteiger partial charge < -0.3 is 10.2 Å². The van der Waals surface area contributed by atoms with E-state index in [0.29, 0.717) is 6.20 Å². The van der Waals surface area contributed by atoms with Crippen LogP contribution in [0.25, 0.3) is 0 Å². The number of aromatic carboxylic acids is 1. The zero-order valence-electron chi connectivity index (χ0n) is 7.11. The Morgan fingerprint density at radius 3 is 2.60 bits per heavy atom. The normalized spacial score (nSPS) is 10.0. The summed E-state index contributed by atoms with van der Waals surface area (Å²) in [7, 11) is 0. The fraction of sp³-hybridized carbons (Fsp3) is 0.125. The number of aromatic hydroxyl groups is 1. The van der Waals surface area contributed by atoms with Gasteiger partial charge in [-0.1, -0.05) is 0 Å². The minimum Gasteiger partial charge on any atom is -0.505 e. The van der Waals surface area contributed by atoms with Crippen molar-refractivity contribution in [2.45, 2.75) is 6.43 Å². The van der Waals surface area contributed by atoms with Crippen molar-refractivity contribution in [3.8, 4) is 11.8 Å². The minimum atomic E-state index is -3.07. The molecule has 0 saturated heterocycles. The Bertz CT molecular complexity index is 454. The van der Waals surface area contributed by atoms with Crippen LogP contribution in [0.2, 0.25) is 0 Å². The van der Waals surface area contributed by atoms with Crippen LogP contribution in [0.4, 0.5) is 8.78 Å². The maximum absolute atomic E-state index is 12.2. The molecule has 1 aromatic rings. The molecule has 0 aromatic carbocycles. The molecule has 2 N–H and O–H groups in total. The maximum Gasteiger partial charge on any atom is 0.338 e. The zero-order chi connectivity index (χ0) is 11.6. The number of nitriles is 1. The smallest absolute Gasteiger partial charge is 0.338 e. The SMILES string of the molecule is N#Cc1c(C(=O)O)cnc(C(F)F)c1O. The fourth-order valence-corrected chi connectivity index (χ4v) is 0.950. The van der Waals surface area contributed by atoms with Crippen molar-refractivity contribution < 1.29 is 23.8 Å². The first-order valence-electron chi connectivity index (χ1n) is 3.62. The Morgan fingerprint density at radius 2 is 2.20 bits per heavy atom. The summed E-state index contributed by atoms with van der Waals surface area (Å²) in [5.41, 5.74) is -2.33. The highest BCUT2D eigenvalue weighted by molar-refractivity contribution is 5.91. The van der Waals surface area contributed by atoms with Gasteiger partial charge in [-0.15, -0.1) is 0 Å². The molecule has 0 aliphatic carbocycles. The van der Waals surface area contributed by atoms with Crippen LogP contribution in [0.5, 0.6) is 5.75 Å². The maximum atomic E-state index is 12.2. The molecule has 0 amide bonds. The highest BCUT2D eigenvalue weighted by Crippen LogP contribution is 2.30. The van der Waals surface area contributed by atoms with E-state index in [2.05, 4.69) is 4.98 Å². The lowest BCUT2D eigenvalue weighted by Gasteiger charge is -2.05. The van der Waals surface area contributed by atoms with Gasteiger partial charge in [0.1, 0.15) is 17.3 Å². The van der Waals surface area contributed by atoms with Crippen LogP contribution in [-0.4, -0.2) is 21.2 Å². The lowest BCUT2D eigenvalue weighted by molar-refractivity contribution is 0.0694. The van der Waals surface area contributed by atoms with Crippen molar-refractivity contribution >= 4 is 5.97 Å². The predicted octanol–water partition coefficient (Wildman–Crippen LogP) is 1.29. The number of carbonyl (C=O) groups is 1. The molecule has 0 atom stereocenters. The number of carboxylic acid groups (broad SMARTS) is 1. The summed E-state index contributed by atoms with van der Waals surface area (Å²) in [4.78, 5) is 13.6. The summed E-state index contributed by atoms with van der Waals surface area (Å²) in [6.07, 6.45) is -2.46. The second-order valence-electron chi connectivity index (χ2n) is 2.50. The third-order valence-electron chi connectivity index (χ3n) is 1.63. The quantitative estimate of drug-likeness (QED) is 0.773. The van der Waals surface area contributed by atoms with E-state index in [1.54, 1.807) is 0 Å². The van der Waals surface area contributed by atoms with E-state index in [9.17, 15) is 13.6 Å². The Kier molecular flexibility index (Phi) is 2.80. The van der Waals surface area contributed by atoms with E-state index in [1.165, 1.54) is 6.07 Å². The molecule has 7 heteroatoms. The van der Waals surface area contributed by atoms with Crippen molar-refractivity contribution in [2.75, 3.05) is 0 Å². The summed E-state index contributed by atoms with van der Waals surface area (Å²) >= 11 is 0. The Hall–Kier alpha value is -2.23. The molecular formula is C8H4F2N2O3. The zero-order valence-corrected chi connectivity index (χ0v) is 7.11. The predicted molar refractivity (Wildman–Crippen MR) is 42.5 cm³/mol. The van der Waals surface area contributed by atoms with Gasteiger partial charge in [0.15, 0.2) is 5.75 Å². The van der Waals surface area contributed by atoms with E-state index >= 15 is 0 Å². The second-order valence-corrected chi connectivity index (χ2v) is 2.50. The molecule has 0 saturated carbocycles. The number of rotatable bonds is 2. The molecule has 0 radical (unpaired) electrons. The van der Waals surface area contributed by atoms with Gasteiger partial charge in [0.05, 0.1) is 5.56 Å². The minimum absolute atomic E-state index is 0.612. The molecule has 1 heterocycles. The molecule has 15 heavy (non-hydrogen) atoms. The number of aromatic nitrogens is 1. The summed E-state index contributed by atoms with van der Waals surface area (Å²) in [6.45, 7) is 0. The second kappa shape index (κ2) is 3.88. The third-order valence-corrected chi connectivity index (χ3v) is 1.63. The largest absolute Gasteiger partial charge is 0.505 e. The van der Waals surface area contributed by atoms with E-state index in [-0.39, 0.29) is 0 Å². The third kappa shape index (κ3) is 1.83. The number of hydrogen-bond acceptors (Lipinski definition) is 4. The van der Waals surface area contributed by atoms with Gasteiger partial charge >= 0.3 is 5.97 Å². The molecule has 78 valence electrons. The van der Waals surface area contributed by atoms with Crippen LogP contribution in [0, 0.1) is 11.3 Å². The Labute approximate surface area is 82.2 Å². The van der Waals surface area contributed by atoms with Crippen LogP contribution >= 0.6 is 0 Å². The topological polar surface area (TPSA) is 94.2 Å². The van der Waals surface area contributed by atoms with Gasteiger partial charge in [-0.25, -0.2) is 13.6 Å². The van der Waals surface area contributed by atoms with Crippen LogP contribution in [0.3, 0.4) is 0 Å². The molecule has 1 rings (SSSR count). The van der Waals surface area contributed by atoms with Crippen molar-refractivity contribution in [1.29, 1.82) is 5.26 Å². The van der Waals surface area contributed by atoms with Crippen LogP contribution in [0.1, 0.15) is 28.0 Å². The summed E-state index contributed by atoms with van der Waals surface area (Å²) < 4.78 is 24.4. The highest BCUT2D eigenvalue weighted by Gasteiger charge is 2.23. The van der Waals surface area contributed by atoms with E-state index < -0.39 is 35.0 Å². The molecule has 0 spiro atoms. The number of pyridine rings is 1. The van der Waals surface area contributed by atoms with Gasteiger partial charge in [0, 0.05) is 6.20 Å². The number of alkyl halides is 2. The standard InChI is InChI=1S/C8H4F2N2O3/c9-7(10)5-6(13)3(1-11)4(2-12-5)8(14)15/h2,7,13H,(H,14,15). The molecule has 0 unspecified atom stereocenters.